The number of carbonyl (C=O) groups excluding carboxylic acids is 2. The lowest BCUT2D eigenvalue weighted by atomic mass is 9.87. The summed E-state index contributed by atoms with van der Waals surface area (Å²) in [5.74, 6) is -0.0789. The van der Waals surface area contributed by atoms with E-state index >= 15 is 0 Å². The number of carbonyl (C=O) groups is 2. The minimum atomic E-state index is -0.282. The maximum atomic E-state index is 12.7. The van der Waals surface area contributed by atoms with Gasteiger partial charge in [0.05, 0.1) is 0 Å². The first kappa shape index (κ1) is 25.1. The molecule has 0 aromatic heterocycles. The molecule has 5 nitrogen and oxygen atoms in total. The van der Waals surface area contributed by atoms with Gasteiger partial charge in [-0.15, -0.1) is 0 Å². The molecule has 3 N–H and O–H groups in total. The monoisotopic (exact) mass is 473 g/mol. The van der Waals surface area contributed by atoms with E-state index in [0.717, 1.165) is 0 Å². The van der Waals surface area contributed by atoms with Crippen molar-refractivity contribution in [2.45, 2.75) is 46.0 Å². The summed E-state index contributed by atoms with van der Waals surface area (Å²) in [7, 11) is 0. The fourth-order valence-electron chi connectivity index (χ4n) is 3.36. The summed E-state index contributed by atoms with van der Waals surface area (Å²) < 4.78 is 0. The van der Waals surface area contributed by atoms with Crippen molar-refractivity contribution >= 4 is 40.5 Å². The predicted octanol–water partition coefficient (Wildman–Crippen LogP) is 6.49. The maximum Gasteiger partial charge on any atom is 0.257 e. The molecule has 2 amide bonds. The third-order valence-electron chi connectivity index (χ3n) is 5.46. The van der Waals surface area contributed by atoms with Gasteiger partial charge in [0, 0.05) is 22.5 Å². The van der Waals surface area contributed by atoms with Crippen LogP contribution in [-0.2, 0) is 5.41 Å². The Morgan fingerprint density at radius 3 is 1.85 bits per heavy atom. The van der Waals surface area contributed by atoms with Crippen LogP contribution in [0.2, 0.25) is 0 Å². The molecule has 0 saturated heterocycles. The van der Waals surface area contributed by atoms with Gasteiger partial charge in [-0.2, -0.15) is 0 Å². The Kier molecular flexibility index (Phi) is 7.84. The van der Waals surface area contributed by atoms with Crippen molar-refractivity contribution in [1.29, 1.82) is 0 Å². The van der Waals surface area contributed by atoms with Gasteiger partial charge in [0.2, 0.25) is 0 Å². The maximum absolute atomic E-state index is 12.7. The summed E-state index contributed by atoms with van der Waals surface area (Å²) in [6.07, 6.45) is 0. The Hall–Kier alpha value is -3.51. The Labute approximate surface area is 207 Å². The fraction of sp³-hybridized carbons (Fsp3) is 0.250. The second-order valence-corrected chi connectivity index (χ2v) is 9.96. The molecule has 0 aliphatic carbocycles. The number of rotatable bonds is 5. The van der Waals surface area contributed by atoms with E-state index in [4.69, 9.17) is 12.2 Å². The molecule has 3 aromatic rings. The summed E-state index contributed by atoms with van der Waals surface area (Å²) in [5.41, 5.74) is 4.75. The van der Waals surface area contributed by atoms with Crippen LogP contribution in [0.25, 0.3) is 0 Å². The van der Waals surface area contributed by atoms with Crippen molar-refractivity contribution in [3.63, 3.8) is 0 Å². The van der Waals surface area contributed by atoms with Crippen LogP contribution < -0.4 is 16.0 Å². The van der Waals surface area contributed by atoms with Crippen LogP contribution in [0.3, 0.4) is 0 Å². The largest absolute Gasteiger partial charge is 0.332 e. The van der Waals surface area contributed by atoms with Gasteiger partial charge in [0.1, 0.15) is 0 Å². The highest BCUT2D eigenvalue weighted by molar-refractivity contribution is 7.80. The van der Waals surface area contributed by atoms with E-state index in [2.05, 4.69) is 50.6 Å². The normalized spacial score (nSPS) is 11.1. The van der Waals surface area contributed by atoms with Gasteiger partial charge in [-0.3, -0.25) is 14.9 Å². The summed E-state index contributed by atoms with van der Waals surface area (Å²) >= 11 is 5.30. The Balaban J connectivity index is 1.59. The van der Waals surface area contributed by atoms with E-state index in [1.165, 1.54) is 11.1 Å². The van der Waals surface area contributed by atoms with E-state index in [1.54, 1.807) is 30.3 Å². The average molecular weight is 474 g/mol. The molecular formula is C28H31N3O2S. The minimum Gasteiger partial charge on any atom is -0.332 e. The van der Waals surface area contributed by atoms with Gasteiger partial charge < -0.3 is 10.6 Å². The van der Waals surface area contributed by atoms with E-state index in [1.807, 2.05) is 42.5 Å². The van der Waals surface area contributed by atoms with Crippen LogP contribution in [0.1, 0.15) is 72.4 Å². The molecule has 176 valence electrons. The van der Waals surface area contributed by atoms with Crippen molar-refractivity contribution in [2.75, 3.05) is 10.6 Å². The first-order chi connectivity index (χ1) is 16.0. The van der Waals surface area contributed by atoms with Gasteiger partial charge in [0.15, 0.2) is 5.11 Å². The molecule has 6 heteroatoms. The Bertz CT molecular complexity index is 1180. The van der Waals surface area contributed by atoms with E-state index in [9.17, 15) is 9.59 Å². The summed E-state index contributed by atoms with van der Waals surface area (Å²) in [6, 6.07) is 22.2. The quantitative estimate of drug-likeness (QED) is 0.371. The first-order valence-electron chi connectivity index (χ1n) is 11.3. The molecule has 3 rings (SSSR count). The molecule has 0 radical (unpaired) electrons. The smallest absolute Gasteiger partial charge is 0.257 e. The molecular weight excluding hydrogens is 442 g/mol. The van der Waals surface area contributed by atoms with Crippen molar-refractivity contribution in [3.05, 3.63) is 95.1 Å². The van der Waals surface area contributed by atoms with Gasteiger partial charge in [-0.1, -0.05) is 65.0 Å². The molecule has 0 atom stereocenters. The van der Waals surface area contributed by atoms with Crippen LogP contribution in [0.15, 0.2) is 72.8 Å². The number of hydrogen-bond donors (Lipinski definition) is 3. The van der Waals surface area contributed by atoms with Crippen molar-refractivity contribution in [2.24, 2.45) is 0 Å². The van der Waals surface area contributed by atoms with Gasteiger partial charge in [0.25, 0.3) is 11.8 Å². The van der Waals surface area contributed by atoms with E-state index < -0.39 is 0 Å². The summed E-state index contributed by atoms with van der Waals surface area (Å²) in [6.45, 7) is 10.6. The van der Waals surface area contributed by atoms with Crippen molar-refractivity contribution < 1.29 is 9.59 Å². The first-order valence-corrected chi connectivity index (χ1v) is 11.7. The highest BCUT2D eigenvalue weighted by Crippen LogP contribution is 2.23. The van der Waals surface area contributed by atoms with Crippen LogP contribution >= 0.6 is 12.2 Å². The lowest BCUT2D eigenvalue weighted by Gasteiger charge is -2.19. The number of anilines is 2. The topological polar surface area (TPSA) is 70.2 Å². The zero-order chi connectivity index (χ0) is 24.9. The number of amides is 2. The summed E-state index contributed by atoms with van der Waals surface area (Å²) in [5, 5.41) is 8.77. The number of benzene rings is 3. The lowest BCUT2D eigenvalue weighted by Crippen LogP contribution is -2.34. The van der Waals surface area contributed by atoms with Gasteiger partial charge >= 0.3 is 0 Å². The number of thiocarbonyl (C=S) groups is 1. The van der Waals surface area contributed by atoms with Gasteiger partial charge in [-0.05, 0) is 77.1 Å². The zero-order valence-corrected chi connectivity index (χ0v) is 21.0. The Morgan fingerprint density at radius 1 is 0.765 bits per heavy atom. The molecule has 0 fully saturated rings. The third kappa shape index (κ3) is 6.75. The van der Waals surface area contributed by atoms with Crippen LogP contribution in [0.4, 0.5) is 11.4 Å². The molecule has 0 spiro atoms. The van der Waals surface area contributed by atoms with Crippen LogP contribution in [0, 0.1) is 0 Å². The minimum absolute atomic E-state index is 0.0282. The number of hydrogen-bond acceptors (Lipinski definition) is 3. The number of nitrogens with one attached hydrogen (secondary N) is 3. The molecule has 0 aliphatic heterocycles. The third-order valence-corrected chi connectivity index (χ3v) is 5.66. The molecule has 0 aliphatic rings. The SMILES string of the molecule is CC(C)c1ccc(C(=O)NC(=S)Nc2cccc(NC(=O)c3ccc(C(C)(C)C)cc3)c2)cc1. The highest BCUT2D eigenvalue weighted by atomic mass is 32.1. The standard InChI is InChI=1S/C28H31N3O2S/c1-18(2)19-9-11-20(12-10-19)26(33)31-27(34)30-24-8-6-7-23(17-24)29-25(32)21-13-15-22(16-14-21)28(3,4)5/h6-18H,1-5H3,(H,29,32)(H2,30,31,33,34). The molecule has 0 heterocycles. The average Bonchev–Trinajstić information content (AvgIpc) is 2.78. The zero-order valence-electron chi connectivity index (χ0n) is 20.2. The Morgan fingerprint density at radius 2 is 1.29 bits per heavy atom. The molecule has 34 heavy (non-hydrogen) atoms. The molecule has 3 aromatic carbocycles. The van der Waals surface area contributed by atoms with Crippen molar-refractivity contribution in [3.8, 4) is 0 Å². The van der Waals surface area contributed by atoms with E-state index in [0.29, 0.717) is 28.4 Å². The summed E-state index contributed by atoms with van der Waals surface area (Å²) in [4.78, 5) is 25.1. The van der Waals surface area contributed by atoms with Crippen molar-refractivity contribution in [1.82, 2.24) is 5.32 Å². The molecule has 0 saturated carbocycles. The highest BCUT2D eigenvalue weighted by Gasteiger charge is 2.15. The van der Waals surface area contributed by atoms with Gasteiger partial charge in [-0.25, -0.2) is 0 Å². The van der Waals surface area contributed by atoms with E-state index in [-0.39, 0.29) is 22.3 Å². The lowest BCUT2D eigenvalue weighted by molar-refractivity contribution is 0.0976. The second kappa shape index (κ2) is 10.6. The molecule has 0 unspecified atom stereocenters. The second-order valence-electron chi connectivity index (χ2n) is 9.55. The predicted molar refractivity (Wildman–Crippen MR) is 144 cm³/mol. The van der Waals surface area contributed by atoms with Crippen LogP contribution in [0.5, 0.6) is 0 Å². The molecule has 0 bridgehead atoms. The fourth-order valence-corrected chi connectivity index (χ4v) is 3.57. The van der Waals surface area contributed by atoms with Crippen LogP contribution in [-0.4, -0.2) is 16.9 Å².